The summed E-state index contributed by atoms with van der Waals surface area (Å²) in [6.45, 7) is 0. The third-order valence-electron chi connectivity index (χ3n) is 1.49. The second-order valence-corrected chi connectivity index (χ2v) is 3.19. The van der Waals surface area contributed by atoms with Gasteiger partial charge in [0, 0.05) is 12.2 Å². The van der Waals surface area contributed by atoms with E-state index in [0.717, 1.165) is 10.2 Å². The molecular weight excluding hydrogens is 218 g/mol. The SMILES string of the molecule is N#CC[C@@H](N)c1ccnc(Br)c1. The van der Waals surface area contributed by atoms with Gasteiger partial charge in [0.25, 0.3) is 0 Å². The maximum absolute atomic E-state index is 8.41. The Bertz CT molecular complexity index is 305. The zero-order chi connectivity index (χ0) is 8.97. The maximum Gasteiger partial charge on any atom is 0.106 e. The van der Waals surface area contributed by atoms with Crippen molar-refractivity contribution in [2.24, 2.45) is 5.73 Å². The van der Waals surface area contributed by atoms with Crippen LogP contribution in [0, 0.1) is 11.3 Å². The Morgan fingerprint density at radius 3 is 3.08 bits per heavy atom. The summed E-state index contributed by atoms with van der Waals surface area (Å²) in [7, 11) is 0. The summed E-state index contributed by atoms with van der Waals surface area (Å²) in [4.78, 5) is 3.96. The molecule has 0 fully saturated rings. The molecule has 1 rings (SSSR count). The normalized spacial score (nSPS) is 12.1. The Hall–Kier alpha value is -0.920. The minimum absolute atomic E-state index is 0.214. The first kappa shape index (κ1) is 9.17. The van der Waals surface area contributed by atoms with Crippen LogP contribution in [0.15, 0.2) is 22.9 Å². The van der Waals surface area contributed by atoms with Crippen molar-refractivity contribution < 1.29 is 0 Å². The van der Waals surface area contributed by atoms with Crippen LogP contribution in [-0.4, -0.2) is 4.98 Å². The van der Waals surface area contributed by atoms with E-state index in [0.29, 0.717) is 6.42 Å². The number of aromatic nitrogens is 1. The Morgan fingerprint density at radius 1 is 1.75 bits per heavy atom. The molecule has 62 valence electrons. The molecule has 4 heteroatoms. The summed E-state index contributed by atoms with van der Waals surface area (Å²) in [6.07, 6.45) is 1.99. The number of pyridine rings is 1. The molecule has 0 aromatic carbocycles. The number of nitrogens with zero attached hydrogens (tertiary/aromatic N) is 2. The molecule has 3 nitrogen and oxygen atoms in total. The summed E-state index contributed by atoms with van der Waals surface area (Å²) in [6, 6.07) is 5.44. The molecule has 0 aliphatic carbocycles. The van der Waals surface area contributed by atoms with Gasteiger partial charge in [-0.15, -0.1) is 0 Å². The molecular formula is C8H8BrN3. The number of nitrogens with two attached hydrogens (primary N) is 1. The van der Waals surface area contributed by atoms with Gasteiger partial charge in [-0.2, -0.15) is 5.26 Å². The Morgan fingerprint density at radius 2 is 2.50 bits per heavy atom. The summed E-state index contributed by atoms with van der Waals surface area (Å²) in [5.74, 6) is 0. The van der Waals surface area contributed by atoms with Gasteiger partial charge >= 0.3 is 0 Å². The average molecular weight is 226 g/mol. The van der Waals surface area contributed by atoms with E-state index >= 15 is 0 Å². The highest BCUT2D eigenvalue weighted by atomic mass is 79.9. The largest absolute Gasteiger partial charge is 0.323 e. The first-order chi connectivity index (χ1) is 5.74. The Kier molecular flexibility index (Phi) is 3.20. The van der Waals surface area contributed by atoms with Gasteiger partial charge in [0.15, 0.2) is 0 Å². The van der Waals surface area contributed by atoms with Gasteiger partial charge in [-0.3, -0.25) is 0 Å². The molecule has 0 aliphatic heterocycles. The van der Waals surface area contributed by atoms with Crippen LogP contribution in [0.2, 0.25) is 0 Å². The van der Waals surface area contributed by atoms with Crippen molar-refractivity contribution in [2.75, 3.05) is 0 Å². The van der Waals surface area contributed by atoms with Crippen molar-refractivity contribution >= 4 is 15.9 Å². The van der Waals surface area contributed by atoms with E-state index < -0.39 is 0 Å². The number of hydrogen-bond donors (Lipinski definition) is 1. The van der Waals surface area contributed by atoms with Gasteiger partial charge < -0.3 is 5.73 Å². The molecule has 2 N–H and O–H groups in total. The van der Waals surface area contributed by atoms with Crippen LogP contribution in [0.1, 0.15) is 18.0 Å². The van der Waals surface area contributed by atoms with Crippen molar-refractivity contribution in [2.45, 2.75) is 12.5 Å². The molecule has 1 aromatic rings. The number of rotatable bonds is 2. The average Bonchev–Trinajstić information content (AvgIpc) is 2.05. The van der Waals surface area contributed by atoms with Crippen LogP contribution in [0.25, 0.3) is 0 Å². The smallest absolute Gasteiger partial charge is 0.106 e. The van der Waals surface area contributed by atoms with Crippen molar-refractivity contribution in [3.63, 3.8) is 0 Å². The standard InChI is InChI=1S/C8H8BrN3/c9-8-5-6(2-4-12-8)7(11)1-3-10/h2,4-5,7H,1,11H2/t7-/m1/s1. The molecule has 0 aliphatic rings. The fourth-order valence-corrected chi connectivity index (χ4v) is 1.25. The highest BCUT2D eigenvalue weighted by Gasteiger charge is 2.04. The molecule has 1 heterocycles. The van der Waals surface area contributed by atoms with E-state index in [-0.39, 0.29) is 6.04 Å². The Labute approximate surface area is 79.3 Å². The van der Waals surface area contributed by atoms with Crippen molar-refractivity contribution in [1.82, 2.24) is 4.98 Å². The molecule has 0 bridgehead atoms. The van der Waals surface area contributed by atoms with Crippen LogP contribution in [-0.2, 0) is 0 Å². The monoisotopic (exact) mass is 225 g/mol. The van der Waals surface area contributed by atoms with E-state index in [1.54, 1.807) is 6.20 Å². The van der Waals surface area contributed by atoms with Crippen LogP contribution in [0.5, 0.6) is 0 Å². The topological polar surface area (TPSA) is 62.7 Å². The van der Waals surface area contributed by atoms with Crippen LogP contribution in [0.3, 0.4) is 0 Å². The second-order valence-electron chi connectivity index (χ2n) is 2.38. The molecule has 0 saturated heterocycles. The third kappa shape index (κ3) is 2.29. The predicted molar refractivity (Wildman–Crippen MR) is 49.1 cm³/mol. The summed E-state index contributed by atoms with van der Waals surface area (Å²) < 4.78 is 0.744. The summed E-state index contributed by atoms with van der Waals surface area (Å²) in [5, 5.41) is 8.41. The first-order valence-electron chi connectivity index (χ1n) is 3.48. The van der Waals surface area contributed by atoms with Crippen LogP contribution >= 0.6 is 15.9 Å². The van der Waals surface area contributed by atoms with E-state index in [9.17, 15) is 0 Å². The van der Waals surface area contributed by atoms with Gasteiger partial charge in [0.1, 0.15) is 4.60 Å². The van der Waals surface area contributed by atoms with Crippen molar-refractivity contribution in [3.05, 3.63) is 28.5 Å². The molecule has 0 radical (unpaired) electrons. The zero-order valence-corrected chi connectivity index (χ0v) is 7.95. The second kappa shape index (κ2) is 4.19. The molecule has 12 heavy (non-hydrogen) atoms. The van der Waals surface area contributed by atoms with E-state index in [4.69, 9.17) is 11.0 Å². The highest BCUT2D eigenvalue weighted by Crippen LogP contribution is 2.15. The minimum Gasteiger partial charge on any atom is -0.323 e. The number of hydrogen-bond acceptors (Lipinski definition) is 3. The van der Waals surface area contributed by atoms with Gasteiger partial charge in [-0.25, -0.2) is 4.98 Å². The molecule has 0 amide bonds. The minimum atomic E-state index is -0.214. The van der Waals surface area contributed by atoms with Crippen LogP contribution < -0.4 is 5.73 Å². The lowest BCUT2D eigenvalue weighted by atomic mass is 10.1. The predicted octanol–water partition coefficient (Wildman–Crippen LogP) is 1.76. The fraction of sp³-hybridized carbons (Fsp3) is 0.250. The molecule has 0 spiro atoms. The van der Waals surface area contributed by atoms with E-state index in [2.05, 4.69) is 20.9 Å². The third-order valence-corrected chi connectivity index (χ3v) is 1.92. The lowest BCUT2D eigenvalue weighted by Crippen LogP contribution is -2.09. The van der Waals surface area contributed by atoms with Gasteiger partial charge in [0.2, 0.25) is 0 Å². The van der Waals surface area contributed by atoms with Gasteiger partial charge in [-0.05, 0) is 33.6 Å². The number of halogens is 1. The lowest BCUT2D eigenvalue weighted by Gasteiger charge is -2.06. The quantitative estimate of drug-likeness (QED) is 0.781. The molecule has 0 unspecified atom stereocenters. The zero-order valence-electron chi connectivity index (χ0n) is 6.37. The molecule has 1 aromatic heterocycles. The van der Waals surface area contributed by atoms with Crippen molar-refractivity contribution in [3.8, 4) is 6.07 Å². The molecule has 1 atom stereocenters. The lowest BCUT2D eigenvalue weighted by molar-refractivity contribution is 0.746. The highest BCUT2D eigenvalue weighted by molar-refractivity contribution is 9.10. The molecule has 0 saturated carbocycles. The summed E-state index contributed by atoms with van der Waals surface area (Å²) >= 11 is 3.23. The maximum atomic E-state index is 8.41. The Balaban J connectivity index is 2.82. The van der Waals surface area contributed by atoms with E-state index in [1.807, 2.05) is 18.2 Å². The van der Waals surface area contributed by atoms with E-state index in [1.165, 1.54) is 0 Å². The van der Waals surface area contributed by atoms with Gasteiger partial charge in [0.05, 0.1) is 12.5 Å². The van der Waals surface area contributed by atoms with Crippen molar-refractivity contribution in [1.29, 1.82) is 5.26 Å². The first-order valence-corrected chi connectivity index (χ1v) is 4.27. The van der Waals surface area contributed by atoms with Crippen LogP contribution in [0.4, 0.5) is 0 Å². The number of nitriles is 1. The summed E-state index contributed by atoms with van der Waals surface area (Å²) in [5.41, 5.74) is 6.63. The fourth-order valence-electron chi connectivity index (χ4n) is 0.864. The van der Waals surface area contributed by atoms with Gasteiger partial charge in [-0.1, -0.05) is 0 Å².